The van der Waals surface area contributed by atoms with Gasteiger partial charge in [-0.25, -0.2) is 0 Å². The van der Waals surface area contributed by atoms with Gasteiger partial charge in [0.05, 0.1) is 25.3 Å². The summed E-state index contributed by atoms with van der Waals surface area (Å²) in [7, 11) is 1.57. The normalized spacial score (nSPS) is 16.8. The second-order valence-electron chi connectivity index (χ2n) is 7.73. The maximum absolute atomic E-state index is 12.9. The molecule has 1 atom stereocenters. The Morgan fingerprint density at radius 3 is 2.97 bits per heavy atom. The van der Waals surface area contributed by atoms with E-state index in [1.165, 1.54) is 0 Å². The highest BCUT2D eigenvalue weighted by molar-refractivity contribution is 6.31. The SMILES string of the molecule is COc1ccc(Cl)cc1NC(=O)C1CCCN(Cc2nc(-c3ccccc3C)no2)C1. The Labute approximate surface area is 186 Å². The summed E-state index contributed by atoms with van der Waals surface area (Å²) in [6.45, 7) is 4.04. The Balaban J connectivity index is 1.40. The van der Waals surface area contributed by atoms with Crippen molar-refractivity contribution in [3.63, 3.8) is 0 Å². The maximum Gasteiger partial charge on any atom is 0.241 e. The lowest BCUT2D eigenvalue weighted by molar-refractivity contribution is -0.121. The van der Waals surface area contributed by atoms with E-state index >= 15 is 0 Å². The molecule has 8 heteroatoms. The van der Waals surface area contributed by atoms with E-state index in [1.54, 1.807) is 25.3 Å². The van der Waals surface area contributed by atoms with E-state index in [0.29, 0.717) is 41.3 Å². The molecule has 1 unspecified atom stereocenters. The molecule has 4 rings (SSSR count). The Bertz CT molecular complexity index is 1070. The van der Waals surface area contributed by atoms with Gasteiger partial charge in [0.1, 0.15) is 5.75 Å². The van der Waals surface area contributed by atoms with Crippen molar-refractivity contribution in [1.82, 2.24) is 15.0 Å². The number of carbonyl (C=O) groups excluding carboxylic acids is 1. The van der Waals surface area contributed by atoms with Crippen molar-refractivity contribution in [2.75, 3.05) is 25.5 Å². The predicted octanol–water partition coefficient (Wildman–Crippen LogP) is 4.56. The molecule has 162 valence electrons. The van der Waals surface area contributed by atoms with Crippen LogP contribution in [0.15, 0.2) is 47.0 Å². The average molecular weight is 441 g/mol. The van der Waals surface area contributed by atoms with E-state index in [1.807, 2.05) is 31.2 Å². The molecule has 0 bridgehead atoms. The molecule has 1 aliphatic rings. The van der Waals surface area contributed by atoms with E-state index in [-0.39, 0.29) is 11.8 Å². The number of anilines is 1. The molecule has 7 nitrogen and oxygen atoms in total. The minimum atomic E-state index is -0.142. The van der Waals surface area contributed by atoms with Crippen LogP contribution in [0.1, 0.15) is 24.3 Å². The number of aryl methyl sites for hydroxylation is 1. The summed E-state index contributed by atoms with van der Waals surface area (Å²) >= 11 is 6.07. The molecule has 1 amide bonds. The highest BCUT2D eigenvalue weighted by atomic mass is 35.5. The number of nitrogens with one attached hydrogen (secondary N) is 1. The number of halogens is 1. The lowest BCUT2D eigenvalue weighted by atomic mass is 9.97. The summed E-state index contributed by atoms with van der Waals surface area (Å²) < 4.78 is 10.8. The lowest BCUT2D eigenvalue weighted by Gasteiger charge is -2.31. The number of benzene rings is 2. The highest BCUT2D eigenvalue weighted by Crippen LogP contribution is 2.29. The van der Waals surface area contributed by atoms with Crippen molar-refractivity contribution in [2.24, 2.45) is 5.92 Å². The second-order valence-corrected chi connectivity index (χ2v) is 8.17. The van der Waals surface area contributed by atoms with Gasteiger partial charge in [-0.15, -0.1) is 0 Å². The Morgan fingerprint density at radius 2 is 2.16 bits per heavy atom. The summed E-state index contributed by atoms with van der Waals surface area (Å²) in [6.07, 6.45) is 1.74. The quantitative estimate of drug-likeness (QED) is 0.605. The summed E-state index contributed by atoms with van der Waals surface area (Å²) in [4.78, 5) is 19.6. The van der Waals surface area contributed by atoms with Gasteiger partial charge < -0.3 is 14.6 Å². The Morgan fingerprint density at radius 1 is 1.32 bits per heavy atom. The largest absolute Gasteiger partial charge is 0.495 e. The molecule has 2 heterocycles. The summed E-state index contributed by atoms with van der Waals surface area (Å²) in [6, 6.07) is 13.1. The third kappa shape index (κ3) is 5.06. The number of ether oxygens (including phenoxy) is 1. The first-order valence-electron chi connectivity index (χ1n) is 10.3. The van der Waals surface area contributed by atoms with Crippen LogP contribution in [-0.2, 0) is 11.3 Å². The smallest absolute Gasteiger partial charge is 0.241 e. The van der Waals surface area contributed by atoms with Gasteiger partial charge in [0.25, 0.3) is 0 Å². The minimum absolute atomic E-state index is 0.0450. The molecular formula is C23H25ClN4O3. The van der Waals surface area contributed by atoms with Gasteiger partial charge in [0.2, 0.25) is 17.6 Å². The van der Waals surface area contributed by atoms with Gasteiger partial charge >= 0.3 is 0 Å². The number of aromatic nitrogens is 2. The van der Waals surface area contributed by atoms with Crippen molar-refractivity contribution in [2.45, 2.75) is 26.3 Å². The molecule has 1 aliphatic heterocycles. The fourth-order valence-electron chi connectivity index (χ4n) is 3.87. The van der Waals surface area contributed by atoms with Gasteiger partial charge in [-0.1, -0.05) is 41.0 Å². The van der Waals surface area contributed by atoms with E-state index in [2.05, 4.69) is 20.4 Å². The zero-order chi connectivity index (χ0) is 21.8. The van der Waals surface area contributed by atoms with Crippen LogP contribution >= 0.6 is 11.6 Å². The lowest BCUT2D eigenvalue weighted by Crippen LogP contribution is -2.40. The number of likely N-dealkylation sites (tertiary alicyclic amines) is 1. The maximum atomic E-state index is 12.9. The number of nitrogens with zero attached hydrogens (tertiary/aromatic N) is 3. The number of amides is 1. The Kier molecular flexibility index (Phi) is 6.53. The van der Waals surface area contributed by atoms with Crippen LogP contribution < -0.4 is 10.1 Å². The third-order valence-corrected chi connectivity index (χ3v) is 5.74. The van der Waals surface area contributed by atoms with Crippen molar-refractivity contribution < 1.29 is 14.1 Å². The number of rotatable bonds is 6. The molecule has 2 aromatic carbocycles. The van der Waals surface area contributed by atoms with E-state index < -0.39 is 0 Å². The van der Waals surface area contributed by atoms with Gasteiger partial charge in [-0.3, -0.25) is 9.69 Å². The zero-order valence-corrected chi connectivity index (χ0v) is 18.4. The standard InChI is InChI=1S/C23H25ClN4O3/c1-15-6-3-4-8-18(15)22-26-21(31-27-22)14-28-11-5-7-16(13-28)23(29)25-19-12-17(24)9-10-20(19)30-2/h3-4,6,8-10,12,16H,5,7,11,13-14H2,1-2H3,(H,25,29). The molecule has 1 fully saturated rings. The number of piperidine rings is 1. The second kappa shape index (κ2) is 9.49. The molecule has 0 radical (unpaired) electrons. The predicted molar refractivity (Wildman–Crippen MR) is 119 cm³/mol. The zero-order valence-electron chi connectivity index (χ0n) is 17.6. The first-order chi connectivity index (χ1) is 15.0. The van der Waals surface area contributed by atoms with E-state index in [9.17, 15) is 4.79 Å². The number of methoxy groups -OCH3 is 1. The molecule has 3 aromatic rings. The summed E-state index contributed by atoms with van der Waals surface area (Å²) in [5.41, 5.74) is 2.64. The van der Waals surface area contributed by atoms with Crippen LogP contribution in [0, 0.1) is 12.8 Å². The monoisotopic (exact) mass is 440 g/mol. The van der Waals surface area contributed by atoms with Crippen molar-refractivity contribution in [3.8, 4) is 17.1 Å². The van der Waals surface area contributed by atoms with E-state index in [0.717, 1.165) is 30.5 Å². The van der Waals surface area contributed by atoms with Crippen LogP contribution in [-0.4, -0.2) is 41.1 Å². The third-order valence-electron chi connectivity index (χ3n) is 5.51. The minimum Gasteiger partial charge on any atom is -0.495 e. The van der Waals surface area contributed by atoms with Crippen molar-refractivity contribution >= 4 is 23.2 Å². The first-order valence-corrected chi connectivity index (χ1v) is 10.7. The van der Waals surface area contributed by atoms with Crippen molar-refractivity contribution in [1.29, 1.82) is 0 Å². The summed E-state index contributed by atoms with van der Waals surface area (Å²) in [5.74, 6) is 1.54. The average Bonchev–Trinajstić information content (AvgIpc) is 3.22. The van der Waals surface area contributed by atoms with Crippen LogP contribution in [0.3, 0.4) is 0 Å². The van der Waals surface area contributed by atoms with Crippen LogP contribution in [0.2, 0.25) is 5.02 Å². The fourth-order valence-corrected chi connectivity index (χ4v) is 4.04. The Hall–Kier alpha value is -2.90. The van der Waals surface area contributed by atoms with Crippen LogP contribution in [0.5, 0.6) is 5.75 Å². The van der Waals surface area contributed by atoms with Crippen LogP contribution in [0.25, 0.3) is 11.4 Å². The molecule has 1 aromatic heterocycles. The molecule has 0 aliphatic carbocycles. The van der Waals surface area contributed by atoms with E-state index in [4.69, 9.17) is 20.9 Å². The molecule has 0 spiro atoms. The molecule has 0 saturated carbocycles. The number of hydrogen-bond acceptors (Lipinski definition) is 6. The molecule has 31 heavy (non-hydrogen) atoms. The van der Waals surface area contributed by atoms with Gasteiger partial charge in [-0.2, -0.15) is 4.98 Å². The molecule has 1 N–H and O–H groups in total. The number of hydrogen-bond donors (Lipinski definition) is 1. The van der Waals surface area contributed by atoms with Gasteiger partial charge in [0, 0.05) is 17.1 Å². The molecular weight excluding hydrogens is 416 g/mol. The highest BCUT2D eigenvalue weighted by Gasteiger charge is 2.27. The van der Waals surface area contributed by atoms with Gasteiger partial charge in [-0.05, 0) is 50.1 Å². The fraction of sp³-hybridized carbons (Fsp3) is 0.348. The van der Waals surface area contributed by atoms with Gasteiger partial charge in [0.15, 0.2) is 0 Å². The topological polar surface area (TPSA) is 80.5 Å². The first kappa shape index (κ1) is 21.3. The summed E-state index contributed by atoms with van der Waals surface area (Å²) in [5, 5.41) is 7.64. The van der Waals surface area contributed by atoms with Crippen molar-refractivity contribution in [3.05, 3.63) is 58.9 Å². The number of carbonyl (C=O) groups is 1. The molecule has 1 saturated heterocycles. The van der Waals surface area contributed by atoms with Crippen LogP contribution in [0.4, 0.5) is 5.69 Å².